The summed E-state index contributed by atoms with van der Waals surface area (Å²) in [5.74, 6) is 0. The van der Waals surface area contributed by atoms with Crippen molar-refractivity contribution in [3.8, 4) is 5.69 Å². The fraction of sp³-hybridized carbons (Fsp3) is 0.308. The predicted molar refractivity (Wildman–Crippen MR) is 63.7 cm³/mol. The molecule has 3 rings (SSSR count). The van der Waals surface area contributed by atoms with E-state index in [1.54, 1.807) is 18.5 Å². The van der Waals surface area contributed by atoms with Crippen molar-refractivity contribution in [1.82, 2.24) is 9.78 Å². The standard InChI is InChI=1S/C13H12F3N3/c14-13(15,16)9-2-1-3-11(6-9)19-8-10(7-18-19)12(17)4-5-12/h1-3,6-8H,4-5,17H2. The van der Waals surface area contributed by atoms with Crippen LogP contribution in [0.4, 0.5) is 13.2 Å². The summed E-state index contributed by atoms with van der Waals surface area (Å²) in [4.78, 5) is 0. The minimum Gasteiger partial charge on any atom is -0.321 e. The summed E-state index contributed by atoms with van der Waals surface area (Å²) >= 11 is 0. The highest BCUT2D eigenvalue weighted by molar-refractivity contribution is 5.38. The van der Waals surface area contributed by atoms with Crippen LogP contribution in [-0.2, 0) is 11.7 Å². The molecule has 0 aliphatic heterocycles. The van der Waals surface area contributed by atoms with E-state index in [1.807, 2.05) is 0 Å². The molecule has 0 radical (unpaired) electrons. The van der Waals surface area contributed by atoms with E-state index in [-0.39, 0.29) is 5.54 Å². The van der Waals surface area contributed by atoms with Crippen molar-refractivity contribution in [2.24, 2.45) is 5.73 Å². The normalized spacial score (nSPS) is 17.5. The molecular formula is C13H12F3N3. The van der Waals surface area contributed by atoms with Crippen LogP contribution < -0.4 is 5.73 Å². The van der Waals surface area contributed by atoms with Crippen LogP contribution in [0.15, 0.2) is 36.7 Å². The van der Waals surface area contributed by atoms with Crippen molar-refractivity contribution in [3.63, 3.8) is 0 Å². The number of rotatable bonds is 2. The quantitative estimate of drug-likeness (QED) is 0.909. The molecule has 1 saturated carbocycles. The van der Waals surface area contributed by atoms with E-state index in [0.717, 1.165) is 30.5 Å². The molecule has 6 heteroatoms. The van der Waals surface area contributed by atoms with Crippen LogP contribution in [0.25, 0.3) is 5.69 Å². The molecule has 0 spiro atoms. The summed E-state index contributed by atoms with van der Waals surface area (Å²) in [5, 5.41) is 4.09. The van der Waals surface area contributed by atoms with Gasteiger partial charge >= 0.3 is 6.18 Å². The minimum atomic E-state index is -4.35. The summed E-state index contributed by atoms with van der Waals surface area (Å²) in [6.45, 7) is 0. The van der Waals surface area contributed by atoms with Crippen LogP contribution in [0.2, 0.25) is 0 Å². The summed E-state index contributed by atoms with van der Waals surface area (Å²) in [7, 11) is 0. The van der Waals surface area contributed by atoms with E-state index in [1.165, 1.54) is 10.7 Å². The number of hydrogen-bond donors (Lipinski definition) is 1. The van der Waals surface area contributed by atoms with Gasteiger partial charge in [-0.05, 0) is 31.0 Å². The topological polar surface area (TPSA) is 43.8 Å². The van der Waals surface area contributed by atoms with Gasteiger partial charge in [0, 0.05) is 17.3 Å². The highest BCUT2D eigenvalue weighted by atomic mass is 19.4. The van der Waals surface area contributed by atoms with Crippen molar-refractivity contribution in [2.45, 2.75) is 24.6 Å². The molecule has 19 heavy (non-hydrogen) atoms. The van der Waals surface area contributed by atoms with Gasteiger partial charge in [-0.25, -0.2) is 4.68 Å². The first-order valence-corrected chi connectivity index (χ1v) is 5.90. The zero-order chi connectivity index (χ0) is 13.7. The molecule has 1 heterocycles. The van der Waals surface area contributed by atoms with Crippen molar-refractivity contribution < 1.29 is 13.2 Å². The number of halogens is 3. The van der Waals surface area contributed by atoms with Gasteiger partial charge in [-0.2, -0.15) is 18.3 Å². The average Bonchev–Trinajstić information content (AvgIpc) is 2.93. The van der Waals surface area contributed by atoms with E-state index in [2.05, 4.69) is 5.10 Å². The second-order valence-corrected chi connectivity index (χ2v) is 4.88. The lowest BCUT2D eigenvalue weighted by Gasteiger charge is -2.08. The molecule has 1 aliphatic rings. The molecule has 1 aromatic carbocycles. The third kappa shape index (κ3) is 2.23. The van der Waals surface area contributed by atoms with E-state index in [0.29, 0.717) is 5.69 Å². The number of aromatic nitrogens is 2. The zero-order valence-corrected chi connectivity index (χ0v) is 9.98. The van der Waals surface area contributed by atoms with Gasteiger partial charge in [0.25, 0.3) is 0 Å². The second-order valence-electron chi connectivity index (χ2n) is 4.88. The first kappa shape index (κ1) is 12.2. The van der Waals surface area contributed by atoms with Gasteiger partial charge in [-0.1, -0.05) is 6.07 Å². The van der Waals surface area contributed by atoms with Crippen LogP contribution in [-0.4, -0.2) is 9.78 Å². The third-order valence-electron chi connectivity index (χ3n) is 3.38. The Bertz CT molecular complexity index is 612. The van der Waals surface area contributed by atoms with Crippen LogP contribution in [0.1, 0.15) is 24.0 Å². The van der Waals surface area contributed by atoms with Crippen LogP contribution >= 0.6 is 0 Å². The minimum absolute atomic E-state index is 0.333. The fourth-order valence-corrected chi connectivity index (χ4v) is 1.97. The Morgan fingerprint density at radius 1 is 1.26 bits per heavy atom. The molecule has 2 aromatic rings. The molecule has 1 aromatic heterocycles. The smallest absolute Gasteiger partial charge is 0.321 e. The monoisotopic (exact) mass is 267 g/mol. The van der Waals surface area contributed by atoms with Crippen molar-refractivity contribution in [1.29, 1.82) is 0 Å². The number of nitrogens with zero attached hydrogens (tertiary/aromatic N) is 2. The van der Waals surface area contributed by atoms with Gasteiger partial charge in [0.05, 0.1) is 17.4 Å². The Morgan fingerprint density at radius 3 is 2.63 bits per heavy atom. The van der Waals surface area contributed by atoms with Gasteiger partial charge in [0.1, 0.15) is 0 Å². The van der Waals surface area contributed by atoms with Gasteiger partial charge in [0.2, 0.25) is 0 Å². The number of hydrogen-bond acceptors (Lipinski definition) is 2. The van der Waals surface area contributed by atoms with Gasteiger partial charge in [-0.15, -0.1) is 0 Å². The second kappa shape index (κ2) is 3.84. The summed E-state index contributed by atoms with van der Waals surface area (Å²) in [6.07, 6.45) is 0.746. The Labute approximate surface area is 107 Å². The van der Waals surface area contributed by atoms with E-state index >= 15 is 0 Å². The first-order chi connectivity index (χ1) is 8.88. The maximum Gasteiger partial charge on any atom is 0.416 e. The molecule has 0 amide bonds. The highest BCUT2D eigenvalue weighted by Gasteiger charge is 2.41. The first-order valence-electron chi connectivity index (χ1n) is 5.90. The van der Waals surface area contributed by atoms with E-state index in [9.17, 15) is 13.2 Å². The maximum absolute atomic E-state index is 12.6. The van der Waals surface area contributed by atoms with Gasteiger partial charge < -0.3 is 5.73 Å². The molecule has 2 N–H and O–H groups in total. The molecular weight excluding hydrogens is 255 g/mol. The van der Waals surface area contributed by atoms with Crippen molar-refractivity contribution in [3.05, 3.63) is 47.8 Å². The molecule has 0 bridgehead atoms. The van der Waals surface area contributed by atoms with E-state index in [4.69, 9.17) is 5.73 Å². The summed E-state index contributed by atoms with van der Waals surface area (Å²) in [5.41, 5.74) is 6.25. The number of alkyl halides is 3. The molecule has 1 aliphatic carbocycles. The lowest BCUT2D eigenvalue weighted by molar-refractivity contribution is -0.137. The van der Waals surface area contributed by atoms with Crippen molar-refractivity contribution >= 4 is 0 Å². The maximum atomic E-state index is 12.6. The summed E-state index contributed by atoms with van der Waals surface area (Å²) in [6, 6.07) is 5.07. The third-order valence-corrected chi connectivity index (χ3v) is 3.38. The Kier molecular flexibility index (Phi) is 2.47. The average molecular weight is 267 g/mol. The largest absolute Gasteiger partial charge is 0.416 e. The lowest BCUT2D eigenvalue weighted by atomic mass is 10.1. The number of nitrogens with two attached hydrogens (primary N) is 1. The molecule has 3 nitrogen and oxygen atoms in total. The van der Waals surface area contributed by atoms with E-state index < -0.39 is 11.7 Å². The Balaban J connectivity index is 1.96. The van der Waals surface area contributed by atoms with Crippen LogP contribution in [0.5, 0.6) is 0 Å². The van der Waals surface area contributed by atoms with Gasteiger partial charge in [0.15, 0.2) is 0 Å². The van der Waals surface area contributed by atoms with Crippen LogP contribution in [0.3, 0.4) is 0 Å². The SMILES string of the molecule is NC1(c2cnn(-c3cccc(C(F)(F)F)c3)c2)CC1. The lowest BCUT2D eigenvalue weighted by Crippen LogP contribution is -2.17. The predicted octanol–water partition coefficient (Wildman–Crippen LogP) is 2.84. The van der Waals surface area contributed by atoms with Crippen LogP contribution in [0, 0.1) is 0 Å². The fourth-order valence-electron chi connectivity index (χ4n) is 1.97. The molecule has 100 valence electrons. The summed E-state index contributed by atoms with van der Waals surface area (Å²) < 4.78 is 39.3. The Morgan fingerprint density at radius 2 is 2.00 bits per heavy atom. The Hall–Kier alpha value is -1.82. The molecule has 0 unspecified atom stereocenters. The molecule has 1 fully saturated rings. The van der Waals surface area contributed by atoms with Crippen molar-refractivity contribution in [2.75, 3.05) is 0 Å². The number of benzene rings is 1. The zero-order valence-electron chi connectivity index (χ0n) is 9.98. The molecule has 0 atom stereocenters. The highest BCUT2D eigenvalue weighted by Crippen LogP contribution is 2.42. The molecule has 0 saturated heterocycles. The van der Waals surface area contributed by atoms with Gasteiger partial charge in [-0.3, -0.25) is 0 Å².